The van der Waals surface area contributed by atoms with Gasteiger partial charge in [-0.1, -0.05) is 48.0 Å². The summed E-state index contributed by atoms with van der Waals surface area (Å²) in [6.45, 7) is 4.33. The second-order valence-electron chi connectivity index (χ2n) is 11.9. The van der Waals surface area contributed by atoms with Crippen LogP contribution >= 0.6 is 11.6 Å². The number of hydrogen-bond acceptors (Lipinski definition) is 4. The molecule has 2 heterocycles. The van der Waals surface area contributed by atoms with Crippen molar-refractivity contribution in [3.8, 4) is 6.07 Å². The number of carbonyl (C=O) groups is 2. The number of likely N-dealkylation sites (tertiary alicyclic amines) is 2. The van der Waals surface area contributed by atoms with Crippen LogP contribution in [-0.4, -0.2) is 59.7 Å². The molecule has 41 heavy (non-hydrogen) atoms. The number of hydrogen-bond donors (Lipinski definition) is 0. The molecule has 0 aromatic heterocycles. The van der Waals surface area contributed by atoms with Gasteiger partial charge in [0.15, 0.2) is 0 Å². The smallest absolute Gasteiger partial charge is 0.255 e. The summed E-state index contributed by atoms with van der Waals surface area (Å²) in [6, 6.07) is 23.3. The normalized spacial score (nSPS) is 19.6. The summed E-state index contributed by atoms with van der Waals surface area (Å²) in [5.74, 6) is -0.0186. The number of nitrogens with zero attached hydrogens (tertiary/aromatic N) is 4. The van der Waals surface area contributed by atoms with Crippen molar-refractivity contribution >= 4 is 23.4 Å². The molecular formula is C34H35ClN4O2. The Morgan fingerprint density at radius 2 is 1.76 bits per heavy atom. The van der Waals surface area contributed by atoms with Gasteiger partial charge in [0, 0.05) is 32.2 Å². The Morgan fingerprint density at radius 1 is 1.02 bits per heavy atom. The topological polar surface area (TPSA) is 67.7 Å². The van der Waals surface area contributed by atoms with E-state index in [1.807, 2.05) is 60.5 Å². The van der Waals surface area contributed by atoms with Crippen molar-refractivity contribution in [3.63, 3.8) is 0 Å². The molecule has 1 aliphatic carbocycles. The van der Waals surface area contributed by atoms with E-state index in [9.17, 15) is 14.9 Å². The SMILES string of the molecule is CN(C(=O)c1ccccc1Cl)C1CCc2ccc(C(=O)N3CCC4(CCN(Cc5ccccc5C#N)CC4)C3)cc21. The molecule has 0 bridgehead atoms. The molecule has 2 amide bonds. The van der Waals surface area contributed by atoms with Gasteiger partial charge in [0.05, 0.1) is 28.3 Å². The summed E-state index contributed by atoms with van der Waals surface area (Å²) in [6.07, 6.45) is 4.88. The minimum Gasteiger partial charge on any atom is -0.338 e. The Labute approximate surface area is 247 Å². The fourth-order valence-corrected chi connectivity index (χ4v) is 7.19. The van der Waals surface area contributed by atoms with E-state index in [0.717, 1.165) is 81.5 Å². The molecule has 3 aromatic rings. The van der Waals surface area contributed by atoms with E-state index in [-0.39, 0.29) is 23.3 Å². The monoisotopic (exact) mass is 566 g/mol. The van der Waals surface area contributed by atoms with Crippen LogP contribution in [0.2, 0.25) is 5.02 Å². The number of halogens is 1. The molecule has 2 aliphatic heterocycles. The van der Waals surface area contributed by atoms with Gasteiger partial charge in [0.1, 0.15) is 0 Å². The van der Waals surface area contributed by atoms with Gasteiger partial charge in [-0.2, -0.15) is 5.26 Å². The standard InChI is InChI=1S/C34H35ClN4O2/c1-37(33(41)28-8-4-5-9-30(28)35)31-13-12-24-10-11-25(20-29(24)31)32(40)39-19-16-34(23-39)14-17-38(18-15-34)22-27-7-3-2-6-26(27)21-36/h2-11,20,31H,12-19,22-23H2,1H3. The molecule has 7 heteroatoms. The zero-order valence-corrected chi connectivity index (χ0v) is 24.2. The van der Waals surface area contributed by atoms with Gasteiger partial charge < -0.3 is 9.80 Å². The van der Waals surface area contributed by atoms with Gasteiger partial charge >= 0.3 is 0 Å². The second kappa shape index (κ2) is 11.3. The molecule has 6 nitrogen and oxygen atoms in total. The molecule has 210 valence electrons. The molecule has 2 saturated heterocycles. The van der Waals surface area contributed by atoms with Crippen molar-refractivity contribution in [2.24, 2.45) is 5.41 Å². The molecule has 3 aliphatic rings. The van der Waals surface area contributed by atoms with Crippen molar-refractivity contribution in [2.45, 2.75) is 44.7 Å². The van der Waals surface area contributed by atoms with E-state index in [4.69, 9.17) is 11.6 Å². The van der Waals surface area contributed by atoms with E-state index in [1.165, 1.54) is 5.56 Å². The summed E-state index contributed by atoms with van der Waals surface area (Å²) < 4.78 is 0. The first-order valence-electron chi connectivity index (χ1n) is 14.5. The van der Waals surface area contributed by atoms with Crippen LogP contribution < -0.4 is 0 Å². The van der Waals surface area contributed by atoms with Crippen LogP contribution in [0.4, 0.5) is 0 Å². The van der Waals surface area contributed by atoms with Gasteiger partial charge in [0.2, 0.25) is 0 Å². The predicted molar refractivity (Wildman–Crippen MR) is 160 cm³/mol. The molecule has 2 fully saturated rings. The summed E-state index contributed by atoms with van der Waals surface area (Å²) in [4.78, 5) is 33.2. The van der Waals surface area contributed by atoms with Crippen LogP contribution in [0, 0.1) is 16.7 Å². The maximum absolute atomic E-state index is 13.7. The van der Waals surface area contributed by atoms with Gasteiger partial charge in [-0.15, -0.1) is 0 Å². The molecule has 3 aromatic carbocycles. The predicted octanol–water partition coefficient (Wildman–Crippen LogP) is 6.10. The van der Waals surface area contributed by atoms with E-state index < -0.39 is 0 Å². The summed E-state index contributed by atoms with van der Waals surface area (Å²) in [5.41, 5.74) is 5.48. The zero-order valence-electron chi connectivity index (χ0n) is 23.5. The lowest BCUT2D eigenvalue weighted by Gasteiger charge is -2.39. The third-order valence-corrected chi connectivity index (χ3v) is 9.83. The second-order valence-corrected chi connectivity index (χ2v) is 12.3. The molecule has 0 N–H and O–H groups in total. The van der Waals surface area contributed by atoms with Crippen molar-refractivity contribution < 1.29 is 9.59 Å². The highest BCUT2D eigenvalue weighted by Gasteiger charge is 2.42. The largest absolute Gasteiger partial charge is 0.338 e. The van der Waals surface area contributed by atoms with E-state index in [0.29, 0.717) is 16.1 Å². The van der Waals surface area contributed by atoms with Crippen LogP contribution in [0.25, 0.3) is 0 Å². The number of rotatable bonds is 5. The third kappa shape index (κ3) is 5.37. The lowest BCUT2D eigenvalue weighted by Crippen LogP contribution is -2.42. The number of nitriles is 1. The lowest BCUT2D eigenvalue weighted by atomic mass is 9.77. The van der Waals surface area contributed by atoms with Gasteiger partial charge in [0.25, 0.3) is 11.8 Å². The number of fused-ring (bicyclic) bond motifs is 1. The molecule has 6 rings (SSSR count). The Balaban J connectivity index is 1.11. The molecule has 1 atom stereocenters. The van der Waals surface area contributed by atoms with Crippen LogP contribution in [0.1, 0.15) is 74.7 Å². The minimum atomic E-state index is -0.103. The van der Waals surface area contributed by atoms with Gasteiger partial charge in [-0.3, -0.25) is 14.5 Å². The Morgan fingerprint density at radius 3 is 2.54 bits per heavy atom. The van der Waals surface area contributed by atoms with Crippen LogP contribution in [0.3, 0.4) is 0 Å². The summed E-state index contributed by atoms with van der Waals surface area (Å²) >= 11 is 6.32. The number of aryl methyl sites for hydroxylation is 1. The average molecular weight is 567 g/mol. The van der Waals surface area contributed by atoms with Crippen molar-refractivity contribution in [2.75, 3.05) is 33.2 Å². The fraction of sp³-hybridized carbons (Fsp3) is 0.382. The summed E-state index contributed by atoms with van der Waals surface area (Å²) in [7, 11) is 1.83. The molecule has 0 saturated carbocycles. The van der Waals surface area contributed by atoms with Crippen molar-refractivity contribution in [1.29, 1.82) is 5.26 Å². The van der Waals surface area contributed by atoms with Gasteiger partial charge in [-0.05, 0) is 97.6 Å². The summed E-state index contributed by atoms with van der Waals surface area (Å²) in [5, 5.41) is 9.89. The Hall–Kier alpha value is -3.66. The third-order valence-electron chi connectivity index (χ3n) is 9.51. The maximum Gasteiger partial charge on any atom is 0.255 e. The average Bonchev–Trinajstić information content (AvgIpc) is 3.62. The quantitative estimate of drug-likeness (QED) is 0.374. The highest BCUT2D eigenvalue weighted by atomic mass is 35.5. The van der Waals surface area contributed by atoms with Crippen LogP contribution in [-0.2, 0) is 13.0 Å². The molecular weight excluding hydrogens is 532 g/mol. The zero-order chi connectivity index (χ0) is 28.6. The van der Waals surface area contributed by atoms with E-state index >= 15 is 0 Å². The van der Waals surface area contributed by atoms with Crippen LogP contribution in [0.5, 0.6) is 0 Å². The molecule has 1 unspecified atom stereocenters. The fourth-order valence-electron chi connectivity index (χ4n) is 6.97. The van der Waals surface area contributed by atoms with E-state index in [2.05, 4.69) is 17.0 Å². The van der Waals surface area contributed by atoms with Crippen molar-refractivity contribution in [3.05, 3.63) is 105 Å². The number of amides is 2. The maximum atomic E-state index is 13.7. The molecule has 0 radical (unpaired) electrons. The number of benzene rings is 3. The lowest BCUT2D eigenvalue weighted by molar-refractivity contribution is 0.0713. The first-order valence-corrected chi connectivity index (χ1v) is 14.9. The number of carbonyl (C=O) groups excluding carboxylic acids is 2. The Kier molecular flexibility index (Phi) is 7.59. The minimum absolute atomic E-state index is 0.0815. The highest BCUT2D eigenvalue weighted by Crippen LogP contribution is 2.42. The first kappa shape index (κ1) is 27.5. The van der Waals surface area contributed by atoms with Gasteiger partial charge in [-0.25, -0.2) is 0 Å². The van der Waals surface area contributed by atoms with E-state index in [1.54, 1.807) is 17.0 Å². The van der Waals surface area contributed by atoms with Crippen molar-refractivity contribution in [1.82, 2.24) is 14.7 Å². The van der Waals surface area contributed by atoms with Crippen LogP contribution in [0.15, 0.2) is 66.7 Å². The first-order chi connectivity index (χ1) is 19.9. The number of piperidine rings is 1. The highest BCUT2D eigenvalue weighted by molar-refractivity contribution is 6.33. The Bertz CT molecular complexity index is 1520. The molecule has 1 spiro atoms.